The molecule has 4 rings (SSSR count). The molecule has 2 heterocycles. The smallest absolute Gasteiger partial charge is 0.480 e. The Morgan fingerprint density at radius 1 is 1.18 bits per heavy atom. The molecule has 0 spiro atoms. The number of carboxylic acids is 1. The standard InChI is InChI=1S/C28H35F3N4O5/c29-28(30,31)40-23-8-3-5-19(17-23)18-39-27(38)34-24(26(36)37)13-16-35(22-11-12-22)15-2-1-7-21-10-9-20-6-4-14-32-25(20)33-21/h3,5,8-10,17,22,24H,1-2,4,6-7,11-16,18H2,(H,32,33)(H,34,38)(H,36,37)/t24-/m0/s1. The highest BCUT2D eigenvalue weighted by atomic mass is 19.4. The predicted molar refractivity (Wildman–Crippen MR) is 141 cm³/mol. The molecule has 12 heteroatoms. The van der Waals surface area contributed by atoms with Crippen molar-refractivity contribution in [2.75, 3.05) is 25.0 Å². The molecule has 1 aliphatic heterocycles. The Hall–Kier alpha value is -3.54. The first-order chi connectivity index (χ1) is 19.2. The molecule has 1 aromatic carbocycles. The third-order valence-corrected chi connectivity index (χ3v) is 6.94. The number of carboxylic acid groups (broad SMARTS) is 1. The zero-order chi connectivity index (χ0) is 28.5. The van der Waals surface area contributed by atoms with Crippen LogP contribution in [0.15, 0.2) is 36.4 Å². The summed E-state index contributed by atoms with van der Waals surface area (Å²) < 4.78 is 46.1. The van der Waals surface area contributed by atoms with Crippen molar-refractivity contribution < 1.29 is 37.3 Å². The number of halogens is 3. The molecule has 0 saturated heterocycles. The van der Waals surface area contributed by atoms with Crippen molar-refractivity contribution in [3.05, 3.63) is 53.2 Å². The number of aryl methyl sites for hydroxylation is 2. The van der Waals surface area contributed by atoms with Crippen molar-refractivity contribution >= 4 is 17.9 Å². The van der Waals surface area contributed by atoms with Crippen LogP contribution in [0.25, 0.3) is 0 Å². The summed E-state index contributed by atoms with van der Waals surface area (Å²) in [5.74, 6) is -0.619. The number of carbonyl (C=O) groups excluding carboxylic acids is 1. The maximum atomic E-state index is 12.4. The van der Waals surface area contributed by atoms with E-state index in [1.54, 1.807) is 0 Å². The van der Waals surface area contributed by atoms with Gasteiger partial charge in [0.05, 0.1) is 0 Å². The van der Waals surface area contributed by atoms with Crippen LogP contribution in [-0.2, 0) is 29.0 Å². The number of fused-ring (bicyclic) bond motifs is 1. The minimum Gasteiger partial charge on any atom is -0.480 e. The van der Waals surface area contributed by atoms with E-state index in [0.717, 1.165) is 81.7 Å². The quantitative estimate of drug-likeness (QED) is 0.278. The number of benzene rings is 1. The number of anilines is 1. The molecular weight excluding hydrogens is 529 g/mol. The average molecular weight is 565 g/mol. The van der Waals surface area contributed by atoms with E-state index in [9.17, 15) is 27.9 Å². The summed E-state index contributed by atoms with van der Waals surface area (Å²) in [7, 11) is 0. The molecule has 3 N–H and O–H groups in total. The van der Waals surface area contributed by atoms with Crippen LogP contribution in [-0.4, -0.2) is 65.1 Å². The van der Waals surface area contributed by atoms with E-state index in [1.165, 1.54) is 17.7 Å². The largest absolute Gasteiger partial charge is 0.573 e. The van der Waals surface area contributed by atoms with Gasteiger partial charge in [-0.15, -0.1) is 13.2 Å². The summed E-state index contributed by atoms with van der Waals surface area (Å²) in [6.07, 6.45) is 1.54. The van der Waals surface area contributed by atoms with Gasteiger partial charge in [-0.1, -0.05) is 18.2 Å². The molecule has 0 bridgehead atoms. The molecule has 0 radical (unpaired) electrons. The van der Waals surface area contributed by atoms with Gasteiger partial charge in [-0.05, 0) is 87.2 Å². The Morgan fingerprint density at radius 2 is 2.00 bits per heavy atom. The number of alkyl carbamates (subject to hydrolysis) is 1. The molecule has 2 aliphatic rings. The van der Waals surface area contributed by atoms with Gasteiger partial charge in [0.1, 0.15) is 24.2 Å². The van der Waals surface area contributed by atoms with E-state index in [0.29, 0.717) is 12.6 Å². The van der Waals surface area contributed by atoms with E-state index < -0.39 is 30.2 Å². The SMILES string of the molecule is O=C(N[C@@H](CCN(CCCCc1ccc2c(n1)NCCC2)C1CC1)C(=O)O)OCc1cccc(OC(F)(F)F)c1. The van der Waals surface area contributed by atoms with Gasteiger partial charge >= 0.3 is 18.4 Å². The van der Waals surface area contributed by atoms with Gasteiger partial charge in [-0.3, -0.25) is 0 Å². The van der Waals surface area contributed by atoms with E-state index in [4.69, 9.17) is 9.72 Å². The number of ether oxygens (including phenoxy) is 2. The molecule has 1 amide bonds. The first-order valence-corrected chi connectivity index (χ1v) is 13.6. The van der Waals surface area contributed by atoms with Crippen molar-refractivity contribution in [2.45, 2.75) is 76.4 Å². The summed E-state index contributed by atoms with van der Waals surface area (Å²) in [5.41, 5.74) is 2.61. The number of unbranched alkanes of at least 4 members (excludes halogenated alkanes) is 1. The third kappa shape index (κ3) is 9.58. The first kappa shape index (κ1) is 29.4. The lowest BCUT2D eigenvalue weighted by Crippen LogP contribution is -2.43. The van der Waals surface area contributed by atoms with Crippen LogP contribution in [0.1, 0.15) is 55.3 Å². The fourth-order valence-electron chi connectivity index (χ4n) is 4.76. The number of alkyl halides is 3. The van der Waals surface area contributed by atoms with Crippen LogP contribution in [0.5, 0.6) is 5.75 Å². The molecule has 0 unspecified atom stereocenters. The number of hydrogen-bond acceptors (Lipinski definition) is 7. The van der Waals surface area contributed by atoms with Crippen LogP contribution < -0.4 is 15.4 Å². The molecule has 1 aromatic heterocycles. The van der Waals surface area contributed by atoms with Gasteiger partial charge < -0.3 is 30.1 Å². The summed E-state index contributed by atoms with van der Waals surface area (Å²) in [5, 5.41) is 15.3. The number of nitrogens with zero attached hydrogens (tertiary/aromatic N) is 2. The Balaban J connectivity index is 1.19. The molecule has 2 aromatic rings. The van der Waals surface area contributed by atoms with Crippen molar-refractivity contribution in [3.8, 4) is 5.75 Å². The second-order valence-corrected chi connectivity index (χ2v) is 10.2. The Kier molecular flexibility index (Phi) is 10.1. The number of hydrogen-bond donors (Lipinski definition) is 3. The molecule has 1 aliphatic carbocycles. The van der Waals surface area contributed by atoms with Gasteiger partial charge in [0, 0.05) is 24.8 Å². The number of pyridine rings is 1. The Morgan fingerprint density at radius 3 is 2.75 bits per heavy atom. The Labute approximate surface area is 231 Å². The molecule has 218 valence electrons. The lowest BCUT2D eigenvalue weighted by Gasteiger charge is -2.24. The highest BCUT2D eigenvalue weighted by Gasteiger charge is 2.32. The highest BCUT2D eigenvalue weighted by Crippen LogP contribution is 2.28. The molecule has 1 fully saturated rings. The van der Waals surface area contributed by atoms with Crippen LogP contribution in [0.4, 0.5) is 23.8 Å². The van der Waals surface area contributed by atoms with E-state index in [1.807, 2.05) is 0 Å². The lowest BCUT2D eigenvalue weighted by atomic mass is 10.1. The average Bonchev–Trinajstić information content (AvgIpc) is 3.75. The number of carbonyl (C=O) groups is 2. The molecule has 40 heavy (non-hydrogen) atoms. The van der Waals surface area contributed by atoms with Crippen LogP contribution in [0.2, 0.25) is 0 Å². The molecule has 1 atom stereocenters. The first-order valence-electron chi connectivity index (χ1n) is 13.6. The highest BCUT2D eigenvalue weighted by molar-refractivity contribution is 5.79. The van der Waals surface area contributed by atoms with Crippen LogP contribution in [0, 0.1) is 0 Å². The maximum Gasteiger partial charge on any atom is 0.573 e. The van der Waals surface area contributed by atoms with Crippen LogP contribution in [0.3, 0.4) is 0 Å². The predicted octanol–water partition coefficient (Wildman–Crippen LogP) is 4.90. The number of aromatic nitrogens is 1. The van der Waals surface area contributed by atoms with Crippen molar-refractivity contribution in [1.29, 1.82) is 0 Å². The zero-order valence-corrected chi connectivity index (χ0v) is 22.2. The minimum atomic E-state index is -4.84. The van der Waals surface area contributed by atoms with Gasteiger partial charge in [0.15, 0.2) is 0 Å². The number of aliphatic carboxylic acids is 1. The molecule has 1 saturated carbocycles. The van der Waals surface area contributed by atoms with Crippen molar-refractivity contribution in [3.63, 3.8) is 0 Å². The normalized spacial score (nSPS) is 15.6. The van der Waals surface area contributed by atoms with Crippen molar-refractivity contribution in [1.82, 2.24) is 15.2 Å². The molecular formula is C28H35F3N4O5. The minimum absolute atomic E-state index is 0.202. The summed E-state index contributed by atoms with van der Waals surface area (Å²) in [6.45, 7) is 1.97. The number of nitrogens with one attached hydrogen (secondary N) is 2. The number of rotatable bonds is 14. The molecule has 9 nitrogen and oxygen atoms in total. The van der Waals surface area contributed by atoms with Gasteiger partial charge in [-0.25, -0.2) is 14.6 Å². The summed E-state index contributed by atoms with van der Waals surface area (Å²) >= 11 is 0. The third-order valence-electron chi connectivity index (χ3n) is 6.94. The van der Waals surface area contributed by atoms with Gasteiger partial charge in [0.2, 0.25) is 0 Å². The fourth-order valence-corrected chi connectivity index (χ4v) is 4.76. The summed E-state index contributed by atoms with van der Waals surface area (Å²) in [4.78, 5) is 31.0. The Bertz CT molecular complexity index is 1160. The second-order valence-electron chi connectivity index (χ2n) is 10.2. The van der Waals surface area contributed by atoms with E-state index in [-0.39, 0.29) is 18.6 Å². The van der Waals surface area contributed by atoms with E-state index >= 15 is 0 Å². The van der Waals surface area contributed by atoms with Gasteiger partial charge in [0.25, 0.3) is 0 Å². The van der Waals surface area contributed by atoms with Gasteiger partial charge in [-0.2, -0.15) is 0 Å². The summed E-state index contributed by atoms with van der Waals surface area (Å²) in [6, 6.07) is 8.57. The van der Waals surface area contributed by atoms with Crippen molar-refractivity contribution in [2.24, 2.45) is 0 Å². The zero-order valence-electron chi connectivity index (χ0n) is 22.2. The number of amides is 1. The van der Waals surface area contributed by atoms with Crippen LogP contribution >= 0.6 is 0 Å². The fraction of sp³-hybridized carbons (Fsp3) is 0.536. The monoisotopic (exact) mass is 564 g/mol. The maximum absolute atomic E-state index is 12.4. The second kappa shape index (κ2) is 13.7. The van der Waals surface area contributed by atoms with E-state index in [2.05, 4.69) is 32.4 Å². The lowest BCUT2D eigenvalue weighted by molar-refractivity contribution is -0.274. The topological polar surface area (TPSA) is 113 Å².